The molecule has 1 heteroatoms. The van der Waals surface area contributed by atoms with E-state index in [1.807, 2.05) is 0 Å². The zero-order valence-corrected chi connectivity index (χ0v) is 27.7. The number of hydrogen-bond acceptors (Lipinski definition) is 1. The van der Waals surface area contributed by atoms with Gasteiger partial charge in [-0.2, -0.15) is 0 Å². The number of furan rings is 1. The van der Waals surface area contributed by atoms with E-state index in [0.717, 1.165) is 16.6 Å². The van der Waals surface area contributed by atoms with Gasteiger partial charge in [0.1, 0.15) is 11.2 Å². The van der Waals surface area contributed by atoms with Crippen LogP contribution in [0.2, 0.25) is 0 Å². The van der Waals surface area contributed by atoms with E-state index in [2.05, 4.69) is 182 Å². The van der Waals surface area contributed by atoms with E-state index in [1.54, 1.807) is 0 Å². The van der Waals surface area contributed by atoms with Crippen molar-refractivity contribution in [2.24, 2.45) is 0 Å². The molecule has 10 aromatic carbocycles. The van der Waals surface area contributed by atoms with Crippen LogP contribution in [0.1, 0.15) is 0 Å². The minimum absolute atomic E-state index is 0.912. The summed E-state index contributed by atoms with van der Waals surface area (Å²) in [7, 11) is 0. The van der Waals surface area contributed by atoms with Crippen LogP contribution in [0.4, 0.5) is 0 Å². The molecule has 0 fully saturated rings. The summed E-state index contributed by atoms with van der Waals surface area (Å²) in [6.07, 6.45) is 0. The normalized spacial score (nSPS) is 11.9. The maximum absolute atomic E-state index is 6.36. The van der Waals surface area contributed by atoms with Crippen LogP contribution in [0.5, 0.6) is 0 Å². The monoisotopic (exact) mass is 646 g/mol. The van der Waals surface area contributed by atoms with Gasteiger partial charge in [-0.25, -0.2) is 0 Å². The maximum Gasteiger partial charge on any atom is 0.136 e. The Balaban J connectivity index is 1.17. The van der Waals surface area contributed by atoms with E-state index in [-0.39, 0.29) is 0 Å². The summed E-state index contributed by atoms with van der Waals surface area (Å²) in [4.78, 5) is 0. The lowest BCUT2D eigenvalue weighted by Crippen LogP contribution is -1.92. The highest BCUT2D eigenvalue weighted by Crippen LogP contribution is 2.47. The smallest absolute Gasteiger partial charge is 0.136 e. The van der Waals surface area contributed by atoms with E-state index >= 15 is 0 Å². The molecule has 0 aliphatic heterocycles. The number of fused-ring (bicyclic) bond motifs is 9. The number of rotatable bonds is 3. The molecule has 0 spiro atoms. The molecule has 0 unspecified atom stereocenters. The second-order valence-electron chi connectivity index (χ2n) is 13.6. The molecule has 0 amide bonds. The lowest BCUT2D eigenvalue weighted by atomic mass is 9.84. The molecule has 0 N–H and O–H groups in total. The lowest BCUT2D eigenvalue weighted by Gasteiger charge is -2.19. The van der Waals surface area contributed by atoms with Gasteiger partial charge in [-0.15, -0.1) is 0 Å². The van der Waals surface area contributed by atoms with Crippen LogP contribution >= 0.6 is 0 Å². The van der Waals surface area contributed by atoms with Crippen LogP contribution in [0, 0.1) is 0 Å². The molecule has 0 saturated heterocycles. The van der Waals surface area contributed by atoms with Crippen LogP contribution in [-0.4, -0.2) is 0 Å². The summed E-state index contributed by atoms with van der Waals surface area (Å²) in [5.74, 6) is 0. The van der Waals surface area contributed by atoms with Crippen molar-refractivity contribution in [1.29, 1.82) is 0 Å². The predicted octanol–water partition coefficient (Wildman–Crippen LogP) is 14.4. The Hall–Kier alpha value is -6.70. The Bertz CT molecular complexity index is 3140. The first kappa shape index (κ1) is 28.2. The van der Waals surface area contributed by atoms with Crippen molar-refractivity contribution in [2.75, 3.05) is 0 Å². The van der Waals surface area contributed by atoms with Crippen molar-refractivity contribution in [3.8, 4) is 33.4 Å². The third-order valence-corrected chi connectivity index (χ3v) is 10.8. The van der Waals surface area contributed by atoms with Crippen LogP contribution in [0.25, 0.3) is 109 Å². The average Bonchev–Trinajstić information content (AvgIpc) is 3.58. The molecule has 11 rings (SSSR count). The third kappa shape index (κ3) is 4.22. The Morgan fingerprint density at radius 1 is 0.275 bits per heavy atom. The van der Waals surface area contributed by atoms with Gasteiger partial charge in [-0.05, 0) is 112 Å². The van der Waals surface area contributed by atoms with E-state index in [0.29, 0.717) is 0 Å². The van der Waals surface area contributed by atoms with Gasteiger partial charge < -0.3 is 4.42 Å². The molecule has 11 aromatic rings. The summed E-state index contributed by atoms with van der Waals surface area (Å²) < 4.78 is 6.36. The molecule has 236 valence electrons. The fourth-order valence-electron chi connectivity index (χ4n) is 8.57. The number of hydrogen-bond donors (Lipinski definition) is 0. The topological polar surface area (TPSA) is 13.1 Å². The zero-order valence-electron chi connectivity index (χ0n) is 27.7. The van der Waals surface area contributed by atoms with Gasteiger partial charge in [0.2, 0.25) is 0 Å². The van der Waals surface area contributed by atoms with Crippen molar-refractivity contribution in [2.45, 2.75) is 0 Å². The molecule has 0 radical (unpaired) electrons. The van der Waals surface area contributed by atoms with Gasteiger partial charge >= 0.3 is 0 Å². The Morgan fingerprint density at radius 3 is 1.55 bits per heavy atom. The molecule has 0 bridgehead atoms. The highest BCUT2D eigenvalue weighted by atomic mass is 16.3. The molecule has 1 aromatic heterocycles. The minimum Gasteiger partial charge on any atom is -0.456 e. The highest BCUT2D eigenvalue weighted by Gasteiger charge is 2.19. The fraction of sp³-hybridized carbons (Fsp3) is 0. The first-order valence-corrected chi connectivity index (χ1v) is 17.6. The van der Waals surface area contributed by atoms with E-state index in [9.17, 15) is 0 Å². The molecule has 0 aliphatic rings. The molecular weight excluding hydrogens is 617 g/mol. The van der Waals surface area contributed by atoms with Crippen molar-refractivity contribution >= 4 is 75.8 Å². The molecular formula is C50H30O. The van der Waals surface area contributed by atoms with Gasteiger partial charge in [-0.1, -0.05) is 158 Å². The molecule has 0 atom stereocenters. The first-order valence-electron chi connectivity index (χ1n) is 17.6. The Labute approximate surface area is 294 Å². The van der Waals surface area contributed by atoms with E-state index in [4.69, 9.17) is 4.42 Å². The largest absolute Gasteiger partial charge is 0.456 e. The van der Waals surface area contributed by atoms with Gasteiger partial charge in [0.05, 0.1) is 0 Å². The minimum atomic E-state index is 0.912. The summed E-state index contributed by atoms with van der Waals surface area (Å²) in [5.41, 5.74) is 9.27. The molecule has 1 nitrogen and oxygen atoms in total. The van der Waals surface area contributed by atoms with Crippen molar-refractivity contribution < 1.29 is 4.42 Å². The van der Waals surface area contributed by atoms with Gasteiger partial charge in [-0.3, -0.25) is 0 Å². The zero-order chi connectivity index (χ0) is 33.5. The summed E-state index contributed by atoms with van der Waals surface area (Å²) in [6, 6.07) is 66.4. The average molecular weight is 647 g/mol. The van der Waals surface area contributed by atoms with Crippen LogP contribution in [-0.2, 0) is 0 Å². The van der Waals surface area contributed by atoms with E-state index in [1.165, 1.54) is 92.6 Å². The fourth-order valence-corrected chi connectivity index (χ4v) is 8.57. The second kappa shape index (κ2) is 10.9. The van der Waals surface area contributed by atoms with Crippen molar-refractivity contribution in [3.63, 3.8) is 0 Å². The SMILES string of the molecule is c1ccc2cc(-c3c4ccccc4c(-c4cccc5c(-c6ccc7oc8ccc9ccccc9c8c7c6)cccc45)c4ccccc34)ccc2c1. The predicted molar refractivity (Wildman–Crippen MR) is 218 cm³/mol. The van der Waals surface area contributed by atoms with Gasteiger partial charge in [0, 0.05) is 10.8 Å². The Morgan fingerprint density at radius 2 is 0.804 bits per heavy atom. The first-order chi connectivity index (χ1) is 25.3. The van der Waals surface area contributed by atoms with Crippen LogP contribution in [0.3, 0.4) is 0 Å². The van der Waals surface area contributed by atoms with E-state index < -0.39 is 0 Å². The Kier molecular flexibility index (Phi) is 6.02. The molecule has 0 saturated carbocycles. The lowest BCUT2D eigenvalue weighted by molar-refractivity contribution is 0.669. The maximum atomic E-state index is 6.36. The summed E-state index contributed by atoms with van der Waals surface area (Å²) in [6.45, 7) is 0. The quantitative estimate of drug-likeness (QED) is 0.174. The van der Waals surface area contributed by atoms with Crippen molar-refractivity contribution in [3.05, 3.63) is 182 Å². The standard InChI is InChI=1S/C50H30O/c1-2-13-33-29-35(24-23-31(33)11-1)48-41-15-5-7-17-43(41)49(44-18-8-6-16-42(44)48)40-22-10-20-38-36(19-9-21-39(38)40)34-26-27-46-45(30-34)50-37-14-4-3-12-32(37)25-28-47(50)51-46/h1-30H. The molecule has 0 aliphatic carbocycles. The molecule has 1 heterocycles. The molecule has 51 heavy (non-hydrogen) atoms. The van der Waals surface area contributed by atoms with Gasteiger partial charge in [0.25, 0.3) is 0 Å². The summed E-state index contributed by atoms with van der Waals surface area (Å²) in [5, 5.41) is 14.8. The second-order valence-corrected chi connectivity index (χ2v) is 13.6. The summed E-state index contributed by atoms with van der Waals surface area (Å²) >= 11 is 0. The highest BCUT2D eigenvalue weighted by molar-refractivity contribution is 6.25. The van der Waals surface area contributed by atoms with Crippen LogP contribution in [0.15, 0.2) is 186 Å². The van der Waals surface area contributed by atoms with Crippen molar-refractivity contribution in [1.82, 2.24) is 0 Å². The third-order valence-electron chi connectivity index (χ3n) is 10.8. The number of benzene rings is 10. The van der Waals surface area contributed by atoms with Crippen LogP contribution < -0.4 is 0 Å². The van der Waals surface area contributed by atoms with Gasteiger partial charge in [0.15, 0.2) is 0 Å².